The molecule has 2 rings (SSSR count). The molecular weight excluding hydrogens is 360 g/mol. The van der Waals surface area contributed by atoms with E-state index < -0.39 is 0 Å². The van der Waals surface area contributed by atoms with Gasteiger partial charge in [-0.15, -0.1) is 0 Å². The van der Waals surface area contributed by atoms with Crippen LogP contribution in [0.1, 0.15) is 87.0 Å². The number of hydrogen-bond acceptors (Lipinski definition) is 3. The molecule has 0 heterocycles. The Morgan fingerprint density at radius 1 is 1.34 bits per heavy atom. The van der Waals surface area contributed by atoms with Crippen LogP contribution in [-0.4, -0.2) is 30.2 Å². The van der Waals surface area contributed by atoms with Crippen LogP contribution >= 0.6 is 0 Å². The first-order valence-electron chi connectivity index (χ1n) is 11.6. The maximum atomic E-state index is 11.2. The maximum Gasteiger partial charge on any atom is 0.130 e. The molecule has 0 bridgehead atoms. The van der Waals surface area contributed by atoms with Crippen molar-refractivity contribution in [3.05, 3.63) is 23.3 Å². The van der Waals surface area contributed by atoms with Gasteiger partial charge in [0.05, 0.1) is 12.7 Å². The number of aliphatic hydroxyl groups is 1. The van der Waals surface area contributed by atoms with Gasteiger partial charge in [-0.2, -0.15) is 0 Å². The predicted molar refractivity (Wildman–Crippen MR) is 121 cm³/mol. The minimum absolute atomic E-state index is 0.0161. The van der Waals surface area contributed by atoms with Crippen LogP contribution < -0.4 is 0 Å². The van der Waals surface area contributed by atoms with Gasteiger partial charge in [-0.25, -0.2) is 0 Å². The fourth-order valence-corrected chi connectivity index (χ4v) is 6.08. The Bertz CT molecular complexity index is 630. The number of carbonyl (C=O) groups is 1. The van der Waals surface area contributed by atoms with Crippen molar-refractivity contribution in [3.63, 3.8) is 0 Å². The molecule has 3 heteroatoms. The molecule has 166 valence electrons. The van der Waals surface area contributed by atoms with E-state index in [1.54, 1.807) is 6.92 Å². The Kier molecular flexibility index (Phi) is 8.32. The van der Waals surface area contributed by atoms with Crippen LogP contribution in [0.5, 0.6) is 0 Å². The molecule has 5 atom stereocenters. The SMILES string of the molecule is CC(=O)CC(C)COCC=C(C)CCC1C(C)=CCC2C(C)(C)C(O)CCC12C. The molecule has 29 heavy (non-hydrogen) atoms. The number of Topliss-reactive ketones (excluding diaryl/α,β-unsaturated/α-hetero) is 1. The second-order valence-corrected chi connectivity index (χ2v) is 10.8. The van der Waals surface area contributed by atoms with Crippen LogP contribution in [-0.2, 0) is 9.53 Å². The van der Waals surface area contributed by atoms with Crippen molar-refractivity contribution >= 4 is 5.78 Å². The van der Waals surface area contributed by atoms with Gasteiger partial charge in [-0.1, -0.05) is 51.0 Å². The lowest BCUT2D eigenvalue weighted by molar-refractivity contribution is -0.118. The zero-order valence-electron chi connectivity index (χ0n) is 19.9. The highest BCUT2D eigenvalue weighted by atomic mass is 16.5. The van der Waals surface area contributed by atoms with Gasteiger partial charge in [-0.3, -0.25) is 0 Å². The van der Waals surface area contributed by atoms with E-state index >= 15 is 0 Å². The van der Waals surface area contributed by atoms with Gasteiger partial charge in [0.15, 0.2) is 0 Å². The molecule has 0 aromatic heterocycles. The van der Waals surface area contributed by atoms with E-state index in [2.05, 4.69) is 53.7 Å². The Morgan fingerprint density at radius 3 is 2.69 bits per heavy atom. The van der Waals surface area contributed by atoms with Crippen LogP contribution in [0, 0.1) is 28.6 Å². The summed E-state index contributed by atoms with van der Waals surface area (Å²) in [6.45, 7) is 16.5. The second-order valence-electron chi connectivity index (χ2n) is 10.8. The van der Waals surface area contributed by atoms with Gasteiger partial charge in [0, 0.05) is 13.0 Å². The van der Waals surface area contributed by atoms with Crippen molar-refractivity contribution in [1.82, 2.24) is 0 Å². The molecule has 5 unspecified atom stereocenters. The molecule has 0 amide bonds. The lowest BCUT2D eigenvalue weighted by atomic mass is 9.47. The van der Waals surface area contributed by atoms with E-state index in [4.69, 9.17) is 4.74 Å². The molecule has 0 aromatic rings. The summed E-state index contributed by atoms with van der Waals surface area (Å²) >= 11 is 0. The third-order valence-corrected chi connectivity index (χ3v) is 7.95. The number of carbonyl (C=O) groups excluding carboxylic acids is 1. The van der Waals surface area contributed by atoms with E-state index in [9.17, 15) is 9.90 Å². The Hall–Kier alpha value is -0.930. The highest BCUT2D eigenvalue weighted by Crippen LogP contribution is 2.60. The van der Waals surface area contributed by atoms with Crippen molar-refractivity contribution in [3.8, 4) is 0 Å². The average molecular weight is 405 g/mol. The minimum Gasteiger partial charge on any atom is -0.393 e. The van der Waals surface area contributed by atoms with Crippen LogP contribution in [0.2, 0.25) is 0 Å². The van der Waals surface area contributed by atoms with E-state index in [1.807, 2.05) is 0 Å². The number of allylic oxidation sites excluding steroid dienone is 3. The molecule has 2 aliphatic carbocycles. The summed E-state index contributed by atoms with van der Waals surface area (Å²) in [4.78, 5) is 11.2. The molecule has 0 aromatic carbocycles. The van der Waals surface area contributed by atoms with Gasteiger partial charge in [0.25, 0.3) is 0 Å². The Morgan fingerprint density at radius 2 is 2.03 bits per heavy atom. The zero-order valence-corrected chi connectivity index (χ0v) is 19.9. The van der Waals surface area contributed by atoms with Crippen molar-refractivity contribution in [1.29, 1.82) is 0 Å². The maximum absolute atomic E-state index is 11.2. The highest BCUT2D eigenvalue weighted by Gasteiger charge is 2.54. The molecule has 0 saturated heterocycles. The smallest absolute Gasteiger partial charge is 0.130 e. The van der Waals surface area contributed by atoms with Gasteiger partial charge in [0.1, 0.15) is 5.78 Å². The Labute approximate surface area is 179 Å². The summed E-state index contributed by atoms with van der Waals surface area (Å²) in [5.41, 5.74) is 3.19. The average Bonchev–Trinajstić information content (AvgIpc) is 2.61. The largest absolute Gasteiger partial charge is 0.393 e. The molecule has 1 N–H and O–H groups in total. The van der Waals surface area contributed by atoms with Gasteiger partial charge < -0.3 is 14.6 Å². The summed E-state index contributed by atoms with van der Waals surface area (Å²) in [5, 5.41) is 10.6. The van der Waals surface area contributed by atoms with E-state index in [1.165, 1.54) is 17.6 Å². The van der Waals surface area contributed by atoms with Crippen LogP contribution in [0.4, 0.5) is 0 Å². The fraction of sp³-hybridized carbons (Fsp3) is 0.808. The van der Waals surface area contributed by atoms with E-state index in [-0.39, 0.29) is 28.6 Å². The van der Waals surface area contributed by atoms with Gasteiger partial charge in [0.2, 0.25) is 0 Å². The predicted octanol–water partition coefficient (Wildman–Crippen LogP) is 6.11. The number of rotatable bonds is 9. The molecule has 0 aliphatic heterocycles. The summed E-state index contributed by atoms with van der Waals surface area (Å²) in [6.07, 6.45) is 10.5. The molecule has 1 fully saturated rings. The van der Waals surface area contributed by atoms with Crippen molar-refractivity contribution in [2.45, 2.75) is 93.1 Å². The third-order valence-electron chi connectivity index (χ3n) is 7.95. The number of ketones is 1. The summed E-state index contributed by atoms with van der Waals surface area (Å²) in [7, 11) is 0. The second kappa shape index (κ2) is 9.92. The number of aliphatic hydroxyl groups excluding tert-OH is 1. The van der Waals surface area contributed by atoms with Gasteiger partial charge in [-0.05, 0) is 81.5 Å². The molecule has 1 saturated carbocycles. The molecule has 2 aliphatic rings. The minimum atomic E-state index is -0.183. The van der Waals surface area contributed by atoms with Gasteiger partial charge >= 0.3 is 0 Å². The monoisotopic (exact) mass is 404 g/mol. The zero-order chi connectivity index (χ0) is 21.8. The Balaban J connectivity index is 1.92. The fourth-order valence-electron chi connectivity index (χ4n) is 6.08. The van der Waals surface area contributed by atoms with E-state index in [0.717, 1.165) is 25.7 Å². The normalized spacial score (nSPS) is 33.0. The molecular formula is C26H44O3. The van der Waals surface area contributed by atoms with Crippen LogP contribution in [0.15, 0.2) is 23.3 Å². The molecule has 0 radical (unpaired) electrons. The van der Waals surface area contributed by atoms with Crippen LogP contribution in [0.3, 0.4) is 0 Å². The summed E-state index contributed by atoms with van der Waals surface area (Å²) < 4.78 is 5.76. The first kappa shape index (κ1) is 24.3. The summed E-state index contributed by atoms with van der Waals surface area (Å²) in [6, 6.07) is 0. The number of hydrogen-bond donors (Lipinski definition) is 1. The lowest BCUT2D eigenvalue weighted by Gasteiger charge is -2.58. The third kappa shape index (κ3) is 5.82. The quantitative estimate of drug-likeness (QED) is 0.372. The van der Waals surface area contributed by atoms with Crippen LogP contribution in [0.25, 0.3) is 0 Å². The standard InChI is InChI=1S/C26H44O3/c1-18(13-15-29-17-19(2)16-21(4)27)8-10-22-20(3)9-11-23-25(5,6)24(28)12-14-26(22,23)7/h9,13,19,22-24,28H,8,10-12,14-17H2,1-7H3. The van der Waals surface area contributed by atoms with Crippen molar-refractivity contribution in [2.24, 2.45) is 28.6 Å². The first-order chi connectivity index (χ1) is 13.5. The highest BCUT2D eigenvalue weighted by molar-refractivity contribution is 5.75. The topological polar surface area (TPSA) is 46.5 Å². The van der Waals surface area contributed by atoms with E-state index in [0.29, 0.717) is 31.5 Å². The first-order valence-corrected chi connectivity index (χ1v) is 11.6. The van der Waals surface area contributed by atoms with Crippen molar-refractivity contribution < 1.29 is 14.6 Å². The van der Waals surface area contributed by atoms with Crippen molar-refractivity contribution in [2.75, 3.05) is 13.2 Å². The number of ether oxygens (including phenoxy) is 1. The lowest BCUT2D eigenvalue weighted by Crippen LogP contribution is -2.54. The summed E-state index contributed by atoms with van der Waals surface area (Å²) in [5.74, 6) is 1.66. The molecule has 3 nitrogen and oxygen atoms in total. The number of fused-ring (bicyclic) bond motifs is 1. The molecule has 0 spiro atoms.